The Balaban J connectivity index is 2.29. The molecule has 0 aromatic heterocycles. The van der Waals surface area contributed by atoms with Gasteiger partial charge in [0, 0.05) is 6.54 Å². The number of carbonyl (C=O) groups excluding carboxylic acids is 2. The van der Waals surface area contributed by atoms with E-state index in [2.05, 4.69) is 11.6 Å². The van der Waals surface area contributed by atoms with Crippen LogP contribution in [0.4, 0.5) is 5.69 Å². The number of amides is 1. The molecule has 0 bridgehead atoms. The van der Waals surface area contributed by atoms with Crippen LogP contribution in [0.15, 0.2) is 41.9 Å². The summed E-state index contributed by atoms with van der Waals surface area (Å²) in [6.45, 7) is 3.99. The minimum atomic E-state index is -1.25. The number of hydrogen-bond donors (Lipinski definition) is 0. The summed E-state index contributed by atoms with van der Waals surface area (Å²) in [6.07, 6.45) is 1.62. The summed E-state index contributed by atoms with van der Waals surface area (Å²) < 4.78 is 0. The van der Waals surface area contributed by atoms with Crippen molar-refractivity contribution in [2.75, 3.05) is 12.3 Å². The Morgan fingerprint density at radius 3 is 3.05 bits per heavy atom. The number of carboxylic acids is 1. The first-order valence-corrected chi connectivity index (χ1v) is 6.54. The number of amidine groups is 1. The van der Waals surface area contributed by atoms with Gasteiger partial charge in [-0.25, -0.2) is 4.99 Å². The van der Waals surface area contributed by atoms with Crippen molar-refractivity contribution in [1.29, 1.82) is 0 Å². The third-order valence-corrected chi connectivity index (χ3v) is 3.44. The van der Waals surface area contributed by atoms with Crippen LogP contribution in [0.2, 0.25) is 0 Å². The maximum Gasteiger partial charge on any atom is 0.239 e. The zero-order chi connectivity index (χ0) is 13.8. The van der Waals surface area contributed by atoms with E-state index in [1.54, 1.807) is 18.2 Å². The van der Waals surface area contributed by atoms with Gasteiger partial charge in [0.2, 0.25) is 5.91 Å². The quantitative estimate of drug-likeness (QED) is 0.762. The number of rotatable bonds is 4. The van der Waals surface area contributed by atoms with E-state index in [9.17, 15) is 14.7 Å². The Hall–Kier alpha value is -2.08. The second-order valence-electron chi connectivity index (χ2n) is 3.81. The molecule has 0 saturated carbocycles. The zero-order valence-corrected chi connectivity index (χ0v) is 10.9. The van der Waals surface area contributed by atoms with Crippen molar-refractivity contribution < 1.29 is 14.7 Å². The molecule has 0 unspecified atom stereocenters. The Morgan fingerprint density at radius 1 is 1.58 bits per heavy atom. The molecule has 2 rings (SSSR count). The Bertz CT molecular complexity index is 569. The van der Waals surface area contributed by atoms with Gasteiger partial charge in [0.05, 0.1) is 17.4 Å². The van der Waals surface area contributed by atoms with Gasteiger partial charge in [0.1, 0.15) is 0 Å². The van der Waals surface area contributed by atoms with Gasteiger partial charge >= 0.3 is 0 Å². The van der Waals surface area contributed by atoms with Gasteiger partial charge in [-0.2, -0.15) is 0 Å². The van der Waals surface area contributed by atoms with E-state index in [0.717, 1.165) is 0 Å². The molecule has 1 aliphatic heterocycles. The largest absolute Gasteiger partial charge is 0.545 e. The van der Waals surface area contributed by atoms with Crippen LogP contribution in [0.1, 0.15) is 10.4 Å². The highest BCUT2D eigenvalue weighted by molar-refractivity contribution is 8.15. The van der Waals surface area contributed by atoms with Crippen LogP contribution in [0, 0.1) is 0 Å². The standard InChI is InChI=1S/C13H12N2O3S/c1-2-6-15-11(16)8-19-13(15)14-10-5-3-4-9(7-10)12(17)18/h2-5,7H,1,6,8H2,(H,17,18)/p-1. The molecule has 0 radical (unpaired) electrons. The molecule has 0 aliphatic carbocycles. The molecule has 1 fully saturated rings. The number of carboxylic acid groups (broad SMARTS) is 1. The molecule has 19 heavy (non-hydrogen) atoms. The Morgan fingerprint density at radius 2 is 2.37 bits per heavy atom. The third kappa shape index (κ3) is 3.03. The highest BCUT2D eigenvalue weighted by atomic mass is 32.2. The van der Waals surface area contributed by atoms with Gasteiger partial charge in [-0.15, -0.1) is 6.58 Å². The van der Waals surface area contributed by atoms with Crippen LogP contribution in [-0.2, 0) is 4.79 Å². The van der Waals surface area contributed by atoms with Crippen LogP contribution >= 0.6 is 11.8 Å². The van der Waals surface area contributed by atoms with E-state index in [1.165, 1.54) is 28.8 Å². The third-order valence-electron chi connectivity index (χ3n) is 2.47. The van der Waals surface area contributed by atoms with Crippen LogP contribution in [0.5, 0.6) is 0 Å². The molecule has 5 nitrogen and oxygen atoms in total. The van der Waals surface area contributed by atoms with E-state index in [-0.39, 0.29) is 11.5 Å². The highest BCUT2D eigenvalue weighted by Crippen LogP contribution is 2.24. The topological polar surface area (TPSA) is 72.8 Å². The average Bonchev–Trinajstić information content (AvgIpc) is 2.72. The highest BCUT2D eigenvalue weighted by Gasteiger charge is 2.26. The first-order chi connectivity index (χ1) is 9.11. The van der Waals surface area contributed by atoms with Gasteiger partial charge < -0.3 is 9.90 Å². The summed E-state index contributed by atoms with van der Waals surface area (Å²) >= 11 is 1.32. The molecule has 1 heterocycles. The van der Waals surface area contributed by atoms with Crippen molar-refractivity contribution in [3.05, 3.63) is 42.5 Å². The SMILES string of the molecule is C=CCN1C(=O)CSC1=Nc1cccc(C(=O)[O-])c1. The van der Waals surface area contributed by atoms with E-state index < -0.39 is 5.97 Å². The molecule has 1 saturated heterocycles. The Kier molecular flexibility index (Phi) is 4.01. The molecule has 0 atom stereocenters. The zero-order valence-electron chi connectivity index (χ0n) is 10.0. The van der Waals surface area contributed by atoms with Crippen molar-refractivity contribution in [3.8, 4) is 0 Å². The smallest absolute Gasteiger partial charge is 0.239 e. The van der Waals surface area contributed by atoms with E-state index in [1.807, 2.05) is 0 Å². The molecule has 6 heteroatoms. The monoisotopic (exact) mass is 275 g/mol. The molecule has 98 valence electrons. The lowest BCUT2D eigenvalue weighted by atomic mass is 10.2. The van der Waals surface area contributed by atoms with Crippen molar-refractivity contribution in [3.63, 3.8) is 0 Å². The van der Waals surface area contributed by atoms with Crippen LogP contribution < -0.4 is 5.11 Å². The normalized spacial score (nSPS) is 16.9. The van der Waals surface area contributed by atoms with E-state index >= 15 is 0 Å². The number of nitrogens with zero attached hydrogens (tertiary/aromatic N) is 2. The van der Waals surface area contributed by atoms with E-state index in [4.69, 9.17) is 0 Å². The molecule has 0 spiro atoms. The molecule has 1 aliphatic rings. The van der Waals surface area contributed by atoms with Crippen molar-refractivity contribution >= 4 is 34.5 Å². The average molecular weight is 275 g/mol. The van der Waals surface area contributed by atoms with Crippen molar-refractivity contribution in [2.24, 2.45) is 4.99 Å². The fourth-order valence-electron chi connectivity index (χ4n) is 1.60. The lowest BCUT2D eigenvalue weighted by molar-refractivity contribution is -0.255. The molecule has 1 aromatic carbocycles. The molecular formula is C13H11N2O3S-. The summed E-state index contributed by atoms with van der Waals surface area (Å²) in [4.78, 5) is 28.2. The minimum absolute atomic E-state index is 0.0281. The summed E-state index contributed by atoms with van der Waals surface area (Å²) in [5.41, 5.74) is 0.541. The fourth-order valence-corrected chi connectivity index (χ4v) is 2.51. The molecule has 1 aromatic rings. The van der Waals surface area contributed by atoms with Crippen LogP contribution in [-0.4, -0.2) is 34.2 Å². The number of carbonyl (C=O) groups is 2. The molecular weight excluding hydrogens is 264 g/mol. The number of aromatic carboxylic acids is 1. The van der Waals surface area contributed by atoms with Crippen molar-refractivity contribution in [1.82, 2.24) is 4.90 Å². The number of hydrogen-bond acceptors (Lipinski definition) is 5. The van der Waals surface area contributed by atoms with Crippen molar-refractivity contribution in [2.45, 2.75) is 0 Å². The summed E-state index contributed by atoms with van der Waals surface area (Å²) in [5.74, 6) is -0.938. The predicted molar refractivity (Wildman–Crippen MR) is 72.2 cm³/mol. The number of thioether (sulfide) groups is 1. The minimum Gasteiger partial charge on any atom is -0.545 e. The summed E-state index contributed by atoms with van der Waals surface area (Å²) in [6, 6.07) is 6.12. The maximum absolute atomic E-state index is 11.6. The number of aliphatic imine (C=N–C) groups is 1. The second-order valence-corrected chi connectivity index (χ2v) is 4.76. The van der Waals surface area contributed by atoms with Crippen LogP contribution in [0.3, 0.4) is 0 Å². The summed E-state index contributed by atoms with van der Waals surface area (Å²) in [7, 11) is 0. The maximum atomic E-state index is 11.6. The number of benzene rings is 1. The lowest BCUT2D eigenvalue weighted by Gasteiger charge is -2.13. The van der Waals surface area contributed by atoms with Crippen LogP contribution in [0.25, 0.3) is 0 Å². The Labute approximate surface area is 114 Å². The second kappa shape index (κ2) is 5.71. The predicted octanol–water partition coefficient (Wildman–Crippen LogP) is 0.799. The fraction of sp³-hybridized carbons (Fsp3) is 0.154. The first kappa shape index (κ1) is 13.4. The van der Waals surface area contributed by atoms with E-state index in [0.29, 0.717) is 23.2 Å². The van der Waals surface area contributed by atoms with Gasteiger partial charge in [-0.1, -0.05) is 30.0 Å². The van der Waals surface area contributed by atoms with Gasteiger partial charge in [0.25, 0.3) is 0 Å². The van der Waals surface area contributed by atoms with Gasteiger partial charge in [-0.3, -0.25) is 9.69 Å². The van der Waals surface area contributed by atoms with Gasteiger partial charge in [0.15, 0.2) is 5.17 Å². The molecule has 1 amide bonds. The molecule has 0 N–H and O–H groups in total. The van der Waals surface area contributed by atoms with Gasteiger partial charge in [-0.05, 0) is 17.7 Å². The summed E-state index contributed by atoms with van der Waals surface area (Å²) in [5, 5.41) is 11.3. The lowest BCUT2D eigenvalue weighted by Crippen LogP contribution is -2.29. The first-order valence-electron chi connectivity index (χ1n) is 5.56.